The van der Waals surface area contributed by atoms with Crippen molar-refractivity contribution in [2.24, 2.45) is 0 Å². The van der Waals surface area contributed by atoms with E-state index < -0.39 is 0 Å². The lowest BCUT2D eigenvalue weighted by Gasteiger charge is -2.25. The number of carbonyl (C=O) groups is 1. The average Bonchev–Trinajstić information content (AvgIpc) is 3.10. The van der Waals surface area contributed by atoms with Gasteiger partial charge in [0.25, 0.3) is 0 Å². The Labute approximate surface area is 181 Å². The zero-order valence-electron chi connectivity index (χ0n) is 16.9. The largest absolute Gasteiger partial charge is 0.311 e. The molecule has 0 saturated heterocycles. The van der Waals surface area contributed by atoms with Gasteiger partial charge in [0.15, 0.2) is 5.16 Å². The zero-order valence-corrected chi connectivity index (χ0v) is 18.5. The van der Waals surface area contributed by atoms with Crippen molar-refractivity contribution in [1.29, 1.82) is 5.26 Å². The molecule has 1 saturated carbocycles. The van der Waals surface area contributed by atoms with Gasteiger partial charge in [0.1, 0.15) is 5.82 Å². The van der Waals surface area contributed by atoms with Crippen LogP contribution in [0.4, 0.5) is 5.69 Å². The number of aryl methyl sites for hydroxylation is 2. The molecule has 0 aliphatic heterocycles. The van der Waals surface area contributed by atoms with Gasteiger partial charge in [-0.1, -0.05) is 42.6 Å². The highest BCUT2D eigenvalue weighted by Gasteiger charge is 2.23. The molecule has 1 aromatic carbocycles. The molecule has 8 heteroatoms. The summed E-state index contributed by atoms with van der Waals surface area (Å²) in [5.74, 6) is 1.10. The van der Waals surface area contributed by atoms with E-state index in [9.17, 15) is 4.79 Å². The summed E-state index contributed by atoms with van der Waals surface area (Å²) in [5.41, 5.74) is 1.66. The first kappa shape index (κ1) is 21.7. The Morgan fingerprint density at radius 3 is 2.76 bits per heavy atom. The number of nitrogens with zero attached hydrogens (tertiary/aromatic N) is 5. The molecular formula is C21H26ClN5OS. The second-order valence-corrected chi connectivity index (χ2v) is 8.72. The van der Waals surface area contributed by atoms with E-state index in [2.05, 4.69) is 20.8 Å². The Bertz CT molecular complexity index is 901. The smallest absolute Gasteiger partial charge is 0.237 e. The van der Waals surface area contributed by atoms with Crippen LogP contribution in [0.3, 0.4) is 0 Å². The van der Waals surface area contributed by atoms with E-state index in [-0.39, 0.29) is 18.1 Å². The minimum absolute atomic E-state index is 0.0529. The van der Waals surface area contributed by atoms with E-state index in [4.69, 9.17) is 16.9 Å². The Hall–Kier alpha value is -2.04. The molecule has 1 fully saturated rings. The third-order valence-electron chi connectivity index (χ3n) is 5.30. The number of halogens is 1. The van der Waals surface area contributed by atoms with Gasteiger partial charge >= 0.3 is 0 Å². The highest BCUT2D eigenvalue weighted by molar-refractivity contribution is 7.99. The van der Waals surface area contributed by atoms with Crippen LogP contribution in [0.15, 0.2) is 23.4 Å². The Balaban J connectivity index is 1.73. The SMILES string of the molecule is Cc1cc(N(CCC#N)C(=O)CSc2nnc(C)n2C2CCCCC2)ccc1Cl. The molecule has 0 spiro atoms. The fourth-order valence-corrected chi connectivity index (χ4v) is 4.81. The van der Waals surface area contributed by atoms with Gasteiger partial charge in [-0.05, 0) is 50.5 Å². The van der Waals surface area contributed by atoms with Gasteiger partial charge in [-0.25, -0.2) is 0 Å². The Kier molecular flexibility index (Phi) is 7.57. The molecule has 2 aromatic rings. The van der Waals surface area contributed by atoms with Crippen molar-refractivity contribution in [3.05, 3.63) is 34.6 Å². The molecule has 0 atom stereocenters. The normalized spacial score (nSPS) is 14.6. The highest BCUT2D eigenvalue weighted by atomic mass is 35.5. The number of thioether (sulfide) groups is 1. The second-order valence-electron chi connectivity index (χ2n) is 7.37. The predicted octanol–water partition coefficient (Wildman–Crippen LogP) is 5.09. The quantitative estimate of drug-likeness (QED) is 0.570. The van der Waals surface area contributed by atoms with E-state index in [0.29, 0.717) is 17.6 Å². The lowest BCUT2D eigenvalue weighted by Crippen LogP contribution is -2.33. The molecule has 0 radical (unpaired) electrons. The summed E-state index contributed by atoms with van der Waals surface area (Å²) < 4.78 is 2.20. The molecule has 1 heterocycles. The molecule has 154 valence electrons. The molecule has 0 N–H and O–H groups in total. The van der Waals surface area contributed by atoms with Gasteiger partial charge in [-0.2, -0.15) is 5.26 Å². The summed E-state index contributed by atoms with van der Waals surface area (Å²) in [6.07, 6.45) is 6.28. The standard InChI is InChI=1S/C21H26ClN5OS/c1-15-13-18(9-10-19(15)22)26(12-6-11-23)20(28)14-29-21-25-24-16(2)27(21)17-7-4-3-5-8-17/h9-10,13,17H,3-8,12,14H2,1-2H3. The predicted molar refractivity (Wildman–Crippen MR) is 116 cm³/mol. The fraction of sp³-hybridized carbons (Fsp3) is 0.524. The fourth-order valence-electron chi connectivity index (χ4n) is 3.77. The average molecular weight is 432 g/mol. The molecule has 29 heavy (non-hydrogen) atoms. The number of anilines is 1. The summed E-state index contributed by atoms with van der Waals surface area (Å²) in [4.78, 5) is 14.7. The maximum atomic E-state index is 13.0. The Morgan fingerprint density at radius 2 is 2.07 bits per heavy atom. The topological polar surface area (TPSA) is 74.8 Å². The van der Waals surface area contributed by atoms with Crippen molar-refractivity contribution in [3.8, 4) is 6.07 Å². The number of nitriles is 1. The molecular weight excluding hydrogens is 406 g/mol. The molecule has 0 unspecified atom stereocenters. The van der Waals surface area contributed by atoms with Crippen LogP contribution in [-0.4, -0.2) is 33.0 Å². The van der Waals surface area contributed by atoms with Gasteiger partial charge in [0.05, 0.1) is 18.2 Å². The van der Waals surface area contributed by atoms with Crippen molar-refractivity contribution in [3.63, 3.8) is 0 Å². The van der Waals surface area contributed by atoms with Crippen LogP contribution in [0.5, 0.6) is 0 Å². The van der Waals surface area contributed by atoms with E-state index in [1.165, 1.54) is 31.0 Å². The number of rotatable bonds is 7. The summed E-state index contributed by atoms with van der Waals surface area (Å²) in [7, 11) is 0. The van der Waals surface area contributed by atoms with Crippen LogP contribution in [0.25, 0.3) is 0 Å². The molecule has 3 rings (SSSR count). The van der Waals surface area contributed by atoms with Gasteiger partial charge < -0.3 is 9.47 Å². The number of hydrogen-bond acceptors (Lipinski definition) is 5. The first-order chi connectivity index (χ1) is 14.0. The van der Waals surface area contributed by atoms with Crippen LogP contribution in [0.2, 0.25) is 5.02 Å². The van der Waals surface area contributed by atoms with Gasteiger partial charge in [-0.3, -0.25) is 4.79 Å². The number of benzene rings is 1. The maximum absolute atomic E-state index is 13.0. The zero-order chi connectivity index (χ0) is 20.8. The van der Waals surface area contributed by atoms with Crippen LogP contribution in [-0.2, 0) is 4.79 Å². The minimum Gasteiger partial charge on any atom is -0.311 e. The van der Waals surface area contributed by atoms with Crippen LogP contribution < -0.4 is 4.90 Å². The van der Waals surface area contributed by atoms with Crippen LogP contribution in [0, 0.1) is 25.2 Å². The van der Waals surface area contributed by atoms with E-state index in [1.807, 2.05) is 26.0 Å². The third kappa shape index (κ3) is 5.31. The number of hydrogen-bond donors (Lipinski definition) is 0. The van der Waals surface area contributed by atoms with Crippen molar-refractivity contribution in [2.75, 3.05) is 17.2 Å². The number of carbonyl (C=O) groups excluding carboxylic acids is 1. The van der Waals surface area contributed by atoms with Crippen molar-refractivity contribution in [1.82, 2.24) is 14.8 Å². The monoisotopic (exact) mass is 431 g/mol. The van der Waals surface area contributed by atoms with Crippen molar-refractivity contribution in [2.45, 2.75) is 63.6 Å². The lowest BCUT2D eigenvalue weighted by molar-refractivity contribution is -0.116. The Morgan fingerprint density at radius 1 is 1.31 bits per heavy atom. The lowest BCUT2D eigenvalue weighted by atomic mass is 9.95. The molecule has 1 aliphatic carbocycles. The molecule has 6 nitrogen and oxygen atoms in total. The summed E-state index contributed by atoms with van der Waals surface area (Å²) in [6, 6.07) is 8.04. The molecule has 1 aromatic heterocycles. The number of amides is 1. The van der Waals surface area contributed by atoms with E-state index >= 15 is 0 Å². The maximum Gasteiger partial charge on any atom is 0.237 e. The van der Waals surface area contributed by atoms with Crippen molar-refractivity contribution >= 4 is 35.0 Å². The summed E-state index contributed by atoms with van der Waals surface area (Å²) in [5, 5.41) is 19.0. The first-order valence-corrected chi connectivity index (χ1v) is 11.4. The van der Waals surface area contributed by atoms with Crippen LogP contribution in [0.1, 0.15) is 56.0 Å². The molecule has 1 amide bonds. The van der Waals surface area contributed by atoms with Gasteiger partial charge in [0, 0.05) is 23.3 Å². The van der Waals surface area contributed by atoms with Gasteiger partial charge in [-0.15, -0.1) is 10.2 Å². The third-order valence-corrected chi connectivity index (χ3v) is 6.65. The number of aromatic nitrogens is 3. The van der Waals surface area contributed by atoms with Crippen LogP contribution >= 0.6 is 23.4 Å². The van der Waals surface area contributed by atoms with E-state index in [1.54, 1.807) is 11.0 Å². The van der Waals surface area contributed by atoms with Gasteiger partial charge in [0.2, 0.25) is 5.91 Å². The first-order valence-electron chi connectivity index (χ1n) is 9.99. The highest BCUT2D eigenvalue weighted by Crippen LogP contribution is 2.32. The summed E-state index contributed by atoms with van der Waals surface area (Å²) in [6.45, 7) is 4.23. The molecule has 1 aliphatic rings. The van der Waals surface area contributed by atoms with Crippen molar-refractivity contribution < 1.29 is 4.79 Å². The second kappa shape index (κ2) is 10.1. The van der Waals surface area contributed by atoms with E-state index in [0.717, 1.165) is 35.1 Å². The minimum atomic E-state index is -0.0529. The summed E-state index contributed by atoms with van der Waals surface area (Å²) >= 11 is 7.55. The molecule has 0 bridgehead atoms.